The first-order chi connectivity index (χ1) is 9.93. The molecule has 0 saturated carbocycles. The molecule has 2 aliphatic rings. The van der Waals surface area contributed by atoms with Crippen LogP contribution in [0, 0.1) is 17.3 Å². The summed E-state index contributed by atoms with van der Waals surface area (Å²) in [6.45, 7) is 18.7. The number of likely N-dealkylation sites (tertiary alicyclic amines) is 2. The van der Waals surface area contributed by atoms with E-state index in [1.165, 1.54) is 64.8 Å². The molecule has 2 fully saturated rings. The average molecular weight is 295 g/mol. The second-order valence-corrected chi connectivity index (χ2v) is 8.46. The van der Waals surface area contributed by atoms with Gasteiger partial charge in [-0.1, -0.05) is 27.7 Å². The van der Waals surface area contributed by atoms with Crippen molar-refractivity contribution in [2.45, 2.75) is 72.8 Å². The van der Waals surface area contributed by atoms with Crippen molar-refractivity contribution in [3.63, 3.8) is 0 Å². The molecule has 0 aromatic carbocycles. The molecule has 0 aromatic rings. The van der Waals surface area contributed by atoms with Crippen LogP contribution in [0.25, 0.3) is 0 Å². The van der Waals surface area contributed by atoms with Gasteiger partial charge in [-0.2, -0.15) is 0 Å². The van der Waals surface area contributed by atoms with Gasteiger partial charge >= 0.3 is 0 Å². The van der Waals surface area contributed by atoms with E-state index in [0.717, 1.165) is 17.9 Å². The smallest absolute Gasteiger partial charge is 0.00643 e. The Bertz CT molecular complexity index is 297. The summed E-state index contributed by atoms with van der Waals surface area (Å²) in [6, 6.07) is 0.774. The lowest BCUT2D eigenvalue weighted by molar-refractivity contribution is 0.0418. The van der Waals surface area contributed by atoms with E-state index in [2.05, 4.69) is 44.4 Å². The summed E-state index contributed by atoms with van der Waals surface area (Å²) in [7, 11) is 0. The maximum atomic E-state index is 2.76. The number of hydrogen-bond acceptors (Lipinski definition) is 2. The minimum atomic E-state index is 0.564. The molecule has 0 aliphatic carbocycles. The maximum absolute atomic E-state index is 2.76. The Hall–Kier alpha value is -0.0800. The van der Waals surface area contributed by atoms with Crippen LogP contribution in [-0.4, -0.2) is 48.6 Å². The fraction of sp³-hybridized carbons (Fsp3) is 1.00. The molecular weight excluding hydrogens is 256 g/mol. The molecule has 0 spiro atoms. The Morgan fingerprint density at radius 3 is 2.05 bits per heavy atom. The van der Waals surface area contributed by atoms with Crippen molar-refractivity contribution >= 4 is 0 Å². The van der Waals surface area contributed by atoms with Crippen LogP contribution in [0.4, 0.5) is 0 Å². The standard InChI is InChI=1S/C19H38N2/c1-6-17(4)21-13-9-19(5,10-14-21)15-20-11-7-18(8-12-20)16(2)3/h16-18H,6-15H2,1-5H3. The Morgan fingerprint density at radius 2 is 1.57 bits per heavy atom. The molecule has 1 atom stereocenters. The lowest BCUT2D eigenvalue weighted by Crippen LogP contribution is -2.48. The van der Waals surface area contributed by atoms with Crippen molar-refractivity contribution in [2.24, 2.45) is 17.3 Å². The third-order valence-electron chi connectivity index (χ3n) is 6.40. The highest BCUT2D eigenvalue weighted by Gasteiger charge is 2.34. The van der Waals surface area contributed by atoms with E-state index in [0.29, 0.717) is 5.41 Å². The molecule has 0 aromatic heterocycles. The first-order valence-electron chi connectivity index (χ1n) is 9.40. The van der Waals surface area contributed by atoms with Gasteiger partial charge in [-0.05, 0) is 82.5 Å². The van der Waals surface area contributed by atoms with Gasteiger partial charge in [0.25, 0.3) is 0 Å². The van der Waals surface area contributed by atoms with Gasteiger partial charge in [0.15, 0.2) is 0 Å². The molecule has 1 unspecified atom stereocenters. The number of piperidine rings is 2. The zero-order valence-electron chi connectivity index (χ0n) is 15.2. The molecule has 2 nitrogen and oxygen atoms in total. The summed E-state index contributed by atoms with van der Waals surface area (Å²) in [5.74, 6) is 1.85. The molecule has 0 radical (unpaired) electrons. The topological polar surface area (TPSA) is 6.48 Å². The van der Waals surface area contributed by atoms with E-state index in [1.54, 1.807) is 0 Å². The van der Waals surface area contributed by atoms with Crippen LogP contribution in [0.2, 0.25) is 0 Å². The van der Waals surface area contributed by atoms with Crippen molar-refractivity contribution in [1.82, 2.24) is 9.80 Å². The lowest BCUT2D eigenvalue weighted by atomic mass is 9.78. The summed E-state index contributed by atoms with van der Waals surface area (Å²) >= 11 is 0. The molecule has 2 heterocycles. The van der Waals surface area contributed by atoms with Gasteiger partial charge in [-0.25, -0.2) is 0 Å². The molecule has 0 bridgehead atoms. The summed E-state index contributed by atoms with van der Waals surface area (Å²) < 4.78 is 0. The van der Waals surface area contributed by atoms with Gasteiger partial charge in [0.05, 0.1) is 0 Å². The van der Waals surface area contributed by atoms with Crippen LogP contribution < -0.4 is 0 Å². The van der Waals surface area contributed by atoms with E-state index in [4.69, 9.17) is 0 Å². The van der Waals surface area contributed by atoms with Crippen LogP contribution >= 0.6 is 0 Å². The van der Waals surface area contributed by atoms with Gasteiger partial charge in [0, 0.05) is 12.6 Å². The Kier molecular flexibility index (Phi) is 6.14. The fourth-order valence-electron chi connectivity index (χ4n) is 4.24. The molecule has 124 valence electrons. The van der Waals surface area contributed by atoms with Gasteiger partial charge in [-0.15, -0.1) is 0 Å². The van der Waals surface area contributed by atoms with Crippen molar-refractivity contribution in [3.8, 4) is 0 Å². The number of nitrogens with zero attached hydrogens (tertiary/aromatic N) is 2. The first-order valence-corrected chi connectivity index (χ1v) is 9.40. The second-order valence-electron chi connectivity index (χ2n) is 8.46. The molecule has 2 aliphatic heterocycles. The zero-order chi connectivity index (χ0) is 15.5. The van der Waals surface area contributed by atoms with Crippen LogP contribution in [0.1, 0.15) is 66.7 Å². The monoisotopic (exact) mass is 294 g/mol. The molecule has 2 heteroatoms. The SMILES string of the molecule is CCC(C)N1CCC(C)(CN2CCC(C(C)C)CC2)CC1. The predicted octanol–water partition coefficient (Wildman–Crippen LogP) is 4.26. The van der Waals surface area contributed by atoms with Gasteiger partial charge in [-0.3, -0.25) is 0 Å². The highest BCUT2D eigenvalue weighted by molar-refractivity contribution is 4.88. The maximum Gasteiger partial charge on any atom is 0.00643 e. The highest BCUT2D eigenvalue weighted by Crippen LogP contribution is 2.34. The molecule has 0 N–H and O–H groups in total. The van der Waals surface area contributed by atoms with E-state index < -0.39 is 0 Å². The second kappa shape index (κ2) is 7.46. The van der Waals surface area contributed by atoms with Gasteiger partial charge in [0.1, 0.15) is 0 Å². The number of rotatable bonds is 5. The van der Waals surface area contributed by atoms with Crippen molar-refractivity contribution in [1.29, 1.82) is 0 Å². The van der Waals surface area contributed by atoms with Crippen LogP contribution in [-0.2, 0) is 0 Å². The minimum Gasteiger partial charge on any atom is -0.303 e. The summed E-state index contributed by atoms with van der Waals surface area (Å²) in [6.07, 6.45) is 6.92. The summed E-state index contributed by atoms with van der Waals surface area (Å²) in [5, 5.41) is 0. The molecule has 21 heavy (non-hydrogen) atoms. The van der Waals surface area contributed by atoms with Crippen LogP contribution in [0.3, 0.4) is 0 Å². The minimum absolute atomic E-state index is 0.564. The van der Waals surface area contributed by atoms with Gasteiger partial charge in [0.2, 0.25) is 0 Å². The van der Waals surface area contributed by atoms with E-state index in [-0.39, 0.29) is 0 Å². The zero-order valence-corrected chi connectivity index (χ0v) is 15.2. The quantitative estimate of drug-likeness (QED) is 0.748. The van der Waals surface area contributed by atoms with Crippen LogP contribution in [0.15, 0.2) is 0 Å². The van der Waals surface area contributed by atoms with E-state index >= 15 is 0 Å². The third-order valence-corrected chi connectivity index (χ3v) is 6.40. The molecule has 2 rings (SSSR count). The van der Waals surface area contributed by atoms with Crippen molar-refractivity contribution in [3.05, 3.63) is 0 Å². The molecular formula is C19H38N2. The lowest BCUT2D eigenvalue weighted by Gasteiger charge is -2.45. The third kappa shape index (κ3) is 4.69. The summed E-state index contributed by atoms with van der Waals surface area (Å²) in [4.78, 5) is 5.46. The van der Waals surface area contributed by atoms with E-state index in [1.807, 2.05) is 0 Å². The average Bonchev–Trinajstić information content (AvgIpc) is 2.47. The van der Waals surface area contributed by atoms with E-state index in [9.17, 15) is 0 Å². The highest BCUT2D eigenvalue weighted by atomic mass is 15.2. The molecule has 2 saturated heterocycles. The summed E-state index contributed by atoms with van der Waals surface area (Å²) in [5.41, 5.74) is 0.564. The predicted molar refractivity (Wildman–Crippen MR) is 92.7 cm³/mol. The normalized spacial score (nSPS) is 27.1. The van der Waals surface area contributed by atoms with Crippen molar-refractivity contribution in [2.75, 3.05) is 32.7 Å². The first kappa shape index (κ1) is 17.3. The number of hydrogen-bond donors (Lipinski definition) is 0. The largest absolute Gasteiger partial charge is 0.303 e. The fourth-order valence-corrected chi connectivity index (χ4v) is 4.24. The van der Waals surface area contributed by atoms with Gasteiger partial charge < -0.3 is 9.80 Å². The Labute approximate surface area is 133 Å². The molecule has 0 amide bonds. The Morgan fingerprint density at radius 1 is 1.00 bits per heavy atom. The van der Waals surface area contributed by atoms with Crippen molar-refractivity contribution < 1.29 is 0 Å². The Balaban J connectivity index is 1.76. The van der Waals surface area contributed by atoms with Crippen LogP contribution in [0.5, 0.6) is 0 Å².